The van der Waals surface area contributed by atoms with Crippen LogP contribution < -0.4 is 0 Å². The standard InChI is InChI=1S/C13H16BrN/c1-11(12-5-3-2-4-6-12)15-10-13(9-14)7-8-13/h2-6H,7-10H2,1H3/b15-11-. The van der Waals surface area contributed by atoms with Gasteiger partial charge >= 0.3 is 0 Å². The average molecular weight is 266 g/mol. The van der Waals surface area contributed by atoms with E-state index < -0.39 is 0 Å². The molecule has 0 amide bonds. The van der Waals surface area contributed by atoms with E-state index in [1.165, 1.54) is 18.4 Å². The predicted molar refractivity (Wildman–Crippen MR) is 69.0 cm³/mol. The van der Waals surface area contributed by atoms with E-state index in [4.69, 9.17) is 0 Å². The van der Waals surface area contributed by atoms with Crippen LogP contribution in [0.2, 0.25) is 0 Å². The Balaban J connectivity index is 2.02. The summed E-state index contributed by atoms with van der Waals surface area (Å²) in [5.41, 5.74) is 2.88. The Morgan fingerprint density at radius 2 is 2.00 bits per heavy atom. The molecule has 1 aliphatic rings. The highest BCUT2D eigenvalue weighted by molar-refractivity contribution is 9.09. The monoisotopic (exact) mass is 265 g/mol. The molecule has 1 aliphatic carbocycles. The van der Waals surface area contributed by atoms with Gasteiger partial charge in [0.2, 0.25) is 0 Å². The molecule has 1 nitrogen and oxygen atoms in total. The van der Waals surface area contributed by atoms with E-state index in [0.29, 0.717) is 5.41 Å². The van der Waals surface area contributed by atoms with E-state index in [0.717, 1.165) is 17.6 Å². The minimum atomic E-state index is 0.482. The molecule has 80 valence electrons. The Morgan fingerprint density at radius 3 is 2.53 bits per heavy atom. The molecule has 0 atom stereocenters. The van der Waals surface area contributed by atoms with Crippen molar-refractivity contribution in [1.82, 2.24) is 0 Å². The molecule has 0 N–H and O–H groups in total. The number of hydrogen-bond donors (Lipinski definition) is 0. The molecule has 1 saturated carbocycles. The molecule has 1 fully saturated rings. The van der Waals surface area contributed by atoms with E-state index in [1.54, 1.807) is 0 Å². The van der Waals surface area contributed by atoms with Crippen LogP contribution in [0.15, 0.2) is 35.3 Å². The van der Waals surface area contributed by atoms with Gasteiger partial charge in [-0.15, -0.1) is 0 Å². The number of hydrogen-bond acceptors (Lipinski definition) is 1. The largest absolute Gasteiger partial charge is 0.289 e. The summed E-state index contributed by atoms with van der Waals surface area (Å²) < 4.78 is 0. The maximum Gasteiger partial charge on any atom is 0.0457 e. The summed E-state index contributed by atoms with van der Waals surface area (Å²) in [6.07, 6.45) is 2.65. The SMILES string of the molecule is C/C(=N/CC1(CBr)CC1)c1ccccc1. The van der Waals surface area contributed by atoms with E-state index >= 15 is 0 Å². The fourth-order valence-electron chi connectivity index (χ4n) is 1.57. The van der Waals surface area contributed by atoms with Gasteiger partial charge in [-0.25, -0.2) is 0 Å². The molecule has 0 aliphatic heterocycles. The Bertz CT molecular complexity index is 352. The Hall–Kier alpha value is -0.630. The Morgan fingerprint density at radius 1 is 1.33 bits per heavy atom. The molecule has 0 unspecified atom stereocenters. The van der Waals surface area contributed by atoms with Crippen LogP contribution in [0.3, 0.4) is 0 Å². The van der Waals surface area contributed by atoms with Crippen molar-refractivity contribution in [1.29, 1.82) is 0 Å². The third-order valence-electron chi connectivity index (χ3n) is 3.08. The third kappa shape index (κ3) is 2.69. The summed E-state index contributed by atoms with van der Waals surface area (Å²) >= 11 is 3.57. The van der Waals surface area contributed by atoms with Gasteiger partial charge in [0.15, 0.2) is 0 Å². The van der Waals surface area contributed by atoms with Gasteiger partial charge in [-0.2, -0.15) is 0 Å². The van der Waals surface area contributed by atoms with Crippen LogP contribution in [-0.2, 0) is 0 Å². The summed E-state index contributed by atoms with van der Waals surface area (Å²) in [4.78, 5) is 4.69. The van der Waals surface area contributed by atoms with Crippen molar-refractivity contribution in [3.8, 4) is 0 Å². The van der Waals surface area contributed by atoms with E-state index in [-0.39, 0.29) is 0 Å². The average Bonchev–Trinajstić information content (AvgIpc) is 3.08. The number of benzene rings is 1. The first kappa shape index (κ1) is 10.9. The van der Waals surface area contributed by atoms with Crippen molar-refractivity contribution in [3.63, 3.8) is 0 Å². The van der Waals surface area contributed by atoms with Crippen molar-refractivity contribution in [2.24, 2.45) is 10.4 Å². The lowest BCUT2D eigenvalue weighted by Crippen LogP contribution is -2.08. The zero-order chi connectivity index (χ0) is 10.7. The fraction of sp³-hybridized carbons (Fsp3) is 0.462. The van der Waals surface area contributed by atoms with Crippen LogP contribution >= 0.6 is 15.9 Å². The fourth-order valence-corrected chi connectivity index (χ4v) is 2.31. The molecule has 0 spiro atoms. The van der Waals surface area contributed by atoms with E-state index in [2.05, 4.69) is 52.1 Å². The maximum atomic E-state index is 4.69. The topological polar surface area (TPSA) is 12.4 Å². The second-order valence-corrected chi connectivity index (χ2v) is 4.96. The Kier molecular flexibility index (Phi) is 3.25. The molecule has 0 bridgehead atoms. The predicted octanol–water partition coefficient (Wildman–Crippen LogP) is 3.67. The summed E-state index contributed by atoms with van der Waals surface area (Å²) in [7, 11) is 0. The van der Waals surface area contributed by atoms with Crippen LogP contribution in [0.5, 0.6) is 0 Å². The van der Waals surface area contributed by atoms with Crippen molar-refractivity contribution < 1.29 is 0 Å². The van der Waals surface area contributed by atoms with E-state index in [9.17, 15) is 0 Å². The minimum Gasteiger partial charge on any atom is -0.289 e. The molecule has 1 aromatic carbocycles. The summed E-state index contributed by atoms with van der Waals surface area (Å²) in [6, 6.07) is 10.4. The van der Waals surface area contributed by atoms with Crippen molar-refractivity contribution in [3.05, 3.63) is 35.9 Å². The van der Waals surface area contributed by atoms with Crippen LogP contribution in [0.25, 0.3) is 0 Å². The molecular weight excluding hydrogens is 250 g/mol. The molecule has 2 heteroatoms. The van der Waals surface area contributed by atoms with Gasteiger partial charge in [0, 0.05) is 17.6 Å². The zero-order valence-electron chi connectivity index (χ0n) is 9.04. The summed E-state index contributed by atoms with van der Waals surface area (Å²) in [6.45, 7) is 3.07. The quantitative estimate of drug-likeness (QED) is 0.582. The smallest absolute Gasteiger partial charge is 0.0457 e. The molecular formula is C13H16BrN. The molecule has 15 heavy (non-hydrogen) atoms. The van der Waals surface area contributed by atoms with Gasteiger partial charge in [0.1, 0.15) is 0 Å². The highest BCUT2D eigenvalue weighted by Crippen LogP contribution is 2.47. The van der Waals surface area contributed by atoms with Crippen molar-refractivity contribution >= 4 is 21.6 Å². The highest BCUT2D eigenvalue weighted by atomic mass is 79.9. The highest BCUT2D eigenvalue weighted by Gasteiger charge is 2.41. The lowest BCUT2D eigenvalue weighted by Gasteiger charge is -2.08. The second-order valence-electron chi connectivity index (χ2n) is 4.40. The number of alkyl halides is 1. The number of nitrogens with zero attached hydrogens (tertiary/aromatic N) is 1. The lowest BCUT2D eigenvalue weighted by molar-refractivity contribution is 0.606. The van der Waals surface area contributed by atoms with Crippen LogP contribution in [-0.4, -0.2) is 17.6 Å². The molecule has 1 aromatic rings. The number of rotatable bonds is 4. The molecule has 2 rings (SSSR count). The third-order valence-corrected chi connectivity index (χ3v) is 4.27. The zero-order valence-corrected chi connectivity index (χ0v) is 10.6. The normalized spacial score (nSPS) is 18.9. The first-order chi connectivity index (χ1) is 7.26. The van der Waals surface area contributed by atoms with Gasteiger partial charge < -0.3 is 0 Å². The van der Waals surface area contributed by atoms with Gasteiger partial charge in [-0.1, -0.05) is 46.3 Å². The molecule has 0 radical (unpaired) electrons. The van der Waals surface area contributed by atoms with Crippen LogP contribution in [0, 0.1) is 5.41 Å². The molecule has 0 heterocycles. The second kappa shape index (κ2) is 4.48. The van der Waals surface area contributed by atoms with Gasteiger partial charge in [-0.05, 0) is 30.7 Å². The van der Waals surface area contributed by atoms with Gasteiger partial charge in [0.05, 0.1) is 0 Å². The maximum absolute atomic E-state index is 4.69. The minimum absolute atomic E-state index is 0.482. The van der Waals surface area contributed by atoms with Gasteiger partial charge in [-0.3, -0.25) is 4.99 Å². The van der Waals surface area contributed by atoms with Crippen molar-refractivity contribution in [2.45, 2.75) is 19.8 Å². The van der Waals surface area contributed by atoms with E-state index in [1.807, 2.05) is 6.07 Å². The summed E-state index contributed by atoms with van der Waals surface area (Å²) in [5.74, 6) is 0. The molecule has 0 saturated heterocycles. The summed E-state index contributed by atoms with van der Waals surface area (Å²) in [5, 5.41) is 1.09. The first-order valence-corrected chi connectivity index (χ1v) is 6.50. The first-order valence-electron chi connectivity index (χ1n) is 5.38. The van der Waals surface area contributed by atoms with Crippen LogP contribution in [0.4, 0.5) is 0 Å². The Labute approximate surface area is 99.7 Å². The van der Waals surface area contributed by atoms with Crippen LogP contribution in [0.1, 0.15) is 25.3 Å². The lowest BCUT2D eigenvalue weighted by atomic mass is 10.1. The van der Waals surface area contributed by atoms with Gasteiger partial charge in [0.25, 0.3) is 0 Å². The number of halogens is 1. The number of aliphatic imine (C=N–C) groups is 1. The van der Waals surface area contributed by atoms with Crippen molar-refractivity contribution in [2.75, 3.05) is 11.9 Å². The molecule has 0 aromatic heterocycles.